The third-order valence-corrected chi connectivity index (χ3v) is 5.34. The van der Waals surface area contributed by atoms with Crippen LogP contribution in [0.5, 0.6) is 0 Å². The molecule has 0 saturated carbocycles. The first kappa shape index (κ1) is 24.0. The molecule has 0 saturated heterocycles. The summed E-state index contributed by atoms with van der Waals surface area (Å²) in [6.07, 6.45) is 1.82. The van der Waals surface area contributed by atoms with Gasteiger partial charge in [0.25, 0.3) is 0 Å². The Kier molecular flexibility index (Phi) is 9.89. The van der Waals surface area contributed by atoms with E-state index in [0.29, 0.717) is 25.7 Å². The van der Waals surface area contributed by atoms with Crippen molar-refractivity contribution in [2.75, 3.05) is 0 Å². The lowest BCUT2D eigenvalue weighted by molar-refractivity contribution is -0.123. The smallest absolute Gasteiger partial charge is 0.240 e. The highest BCUT2D eigenvalue weighted by Crippen LogP contribution is 2.12. The summed E-state index contributed by atoms with van der Waals surface area (Å²) in [6.45, 7) is 3.68. The minimum Gasteiger partial charge on any atom is -0.273 e. The van der Waals surface area contributed by atoms with Gasteiger partial charge in [0.05, 0.1) is 11.4 Å². The molecule has 0 aliphatic rings. The van der Waals surface area contributed by atoms with Crippen molar-refractivity contribution in [2.24, 2.45) is 10.2 Å². The summed E-state index contributed by atoms with van der Waals surface area (Å²) in [5.74, 6) is -0.341. The molecule has 0 spiro atoms. The van der Waals surface area contributed by atoms with E-state index < -0.39 is 0 Å². The second kappa shape index (κ2) is 12.4. The molecule has 30 heavy (non-hydrogen) atoms. The second-order valence-corrected chi connectivity index (χ2v) is 8.52. The standard InChI is InChI=1S/C22H24Br2N4O2/c1-15(17-7-11-19(23)12-8-17)25-27-21(29)5-3-4-6-22(30)28-26-16(2)18-9-13-20(24)14-10-18/h7-14H,3-6H2,1-2H3,(H,27,29)(H,28,30)/b25-15+,26-16+. The number of carbonyl (C=O) groups excluding carboxylic acids is 2. The van der Waals surface area contributed by atoms with Crippen LogP contribution in [0.25, 0.3) is 0 Å². The molecule has 0 aliphatic heterocycles. The molecule has 2 rings (SSSR count). The summed E-state index contributed by atoms with van der Waals surface area (Å²) in [4.78, 5) is 23.8. The van der Waals surface area contributed by atoms with E-state index >= 15 is 0 Å². The van der Waals surface area contributed by atoms with Crippen molar-refractivity contribution < 1.29 is 9.59 Å². The summed E-state index contributed by atoms with van der Waals surface area (Å²) < 4.78 is 1.97. The summed E-state index contributed by atoms with van der Waals surface area (Å²) in [7, 11) is 0. The third-order valence-electron chi connectivity index (χ3n) is 4.28. The number of benzene rings is 2. The van der Waals surface area contributed by atoms with Gasteiger partial charge >= 0.3 is 0 Å². The molecule has 158 valence electrons. The second-order valence-electron chi connectivity index (χ2n) is 6.69. The van der Waals surface area contributed by atoms with Crippen molar-refractivity contribution in [2.45, 2.75) is 39.5 Å². The number of halogens is 2. The summed E-state index contributed by atoms with van der Waals surface area (Å²) in [6, 6.07) is 15.4. The summed E-state index contributed by atoms with van der Waals surface area (Å²) in [5, 5.41) is 8.25. The van der Waals surface area contributed by atoms with Gasteiger partial charge in [0, 0.05) is 21.8 Å². The fraction of sp³-hybridized carbons (Fsp3) is 0.273. The van der Waals surface area contributed by atoms with Crippen LogP contribution in [0.3, 0.4) is 0 Å². The summed E-state index contributed by atoms with van der Waals surface area (Å²) >= 11 is 6.77. The molecular formula is C22H24Br2N4O2. The lowest BCUT2D eigenvalue weighted by atomic mass is 10.1. The van der Waals surface area contributed by atoms with Crippen LogP contribution in [0.15, 0.2) is 67.7 Å². The maximum Gasteiger partial charge on any atom is 0.240 e. The van der Waals surface area contributed by atoms with Gasteiger partial charge in [0.2, 0.25) is 11.8 Å². The number of carbonyl (C=O) groups is 2. The van der Waals surface area contributed by atoms with E-state index in [-0.39, 0.29) is 11.8 Å². The SMILES string of the molecule is C/C(=N\NC(=O)CCCCC(=O)N/N=C(\C)c1ccc(Br)cc1)c1ccc(Br)cc1. The molecule has 2 aromatic carbocycles. The highest BCUT2D eigenvalue weighted by molar-refractivity contribution is 9.10. The third kappa shape index (κ3) is 8.59. The molecule has 8 heteroatoms. The molecule has 2 aromatic rings. The zero-order chi connectivity index (χ0) is 21.9. The van der Waals surface area contributed by atoms with Crippen LogP contribution in [0.1, 0.15) is 50.7 Å². The highest BCUT2D eigenvalue weighted by atomic mass is 79.9. The van der Waals surface area contributed by atoms with Crippen LogP contribution < -0.4 is 10.9 Å². The largest absolute Gasteiger partial charge is 0.273 e. The average molecular weight is 536 g/mol. The maximum absolute atomic E-state index is 11.9. The van der Waals surface area contributed by atoms with Gasteiger partial charge < -0.3 is 0 Å². The van der Waals surface area contributed by atoms with E-state index in [1.807, 2.05) is 62.4 Å². The first-order valence-corrected chi connectivity index (χ1v) is 11.1. The zero-order valence-corrected chi connectivity index (χ0v) is 20.1. The molecule has 0 atom stereocenters. The molecule has 0 heterocycles. The van der Waals surface area contributed by atoms with E-state index in [9.17, 15) is 9.59 Å². The minimum atomic E-state index is -0.170. The van der Waals surface area contributed by atoms with Crippen LogP contribution in [-0.2, 0) is 9.59 Å². The van der Waals surface area contributed by atoms with Gasteiger partial charge in [-0.15, -0.1) is 0 Å². The van der Waals surface area contributed by atoms with Crippen LogP contribution in [0.4, 0.5) is 0 Å². The molecular weight excluding hydrogens is 512 g/mol. The Morgan fingerprint density at radius 2 is 1.03 bits per heavy atom. The normalized spacial score (nSPS) is 11.9. The fourth-order valence-electron chi connectivity index (χ4n) is 2.49. The molecule has 2 N–H and O–H groups in total. The Balaban J connectivity index is 1.66. The number of nitrogens with one attached hydrogen (secondary N) is 2. The van der Waals surface area contributed by atoms with Crippen molar-refractivity contribution in [3.8, 4) is 0 Å². The van der Waals surface area contributed by atoms with Crippen molar-refractivity contribution >= 4 is 55.1 Å². The fourth-order valence-corrected chi connectivity index (χ4v) is 3.02. The predicted octanol–water partition coefficient (Wildman–Crippen LogP) is 5.15. The Morgan fingerprint density at radius 1 is 0.700 bits per heavy atom. The van der Waals surface area contributed by atoms with Crippen molar-refractivity contribution in [1.29, 1.82) is 0 Å². The van der Waals surface area contributed by atoms with Gasteiger partial charge in [0.15, 0.2) is 0 Å². The number of rotatable bonds is 9. The summed E-state index contributed by atoms with van der Waals surface area (Å²) in [5.41, 5.74) is 8.45. The Morgan fingerprint density at radius 3 is 1.37 bits per heavy atom. The van der Waals surface area contributed by atoms with Gasteiger partial charge in [-0.1, -0.05) is 56.1 Å². The van der Waals surface area contributed by atoms with Gasteiger partial charge in [-0.25, -0.2) is 10.9 Å². The average Bonchev–Trinajstić information content (AvgIpc) is 2.74. The number of unbranched alkanes of at least 4 members (excludes halogenated alkanes) is 1. The maximum atomic E-state index is 11.9. The number of nitrogens with zero attached hydrogens (tertiary/aromatic N) is 2. The highest BCUT2D eigenvalue weighted by Gasteiger charge is 2.05. The quantitative estimate of drug-likeness (QED) is 0.264. The molecule has 0 fully saturated rings. The number of hydrogen-bond donors (Lipinski definition) is 2. The van der Waals surface area contributed by atoms with Crippen LogP contribution in [-0.4, -0.2) is 23.2 Å². The van der Waals surface area contributed by atoms with Crippen molar-refractivity contribution in [3.05, 3.63) is 68.6 Å². The lowest BCUT2D eigenvalue weighted by Gasteiger charge is -2.04. The number of hydrazone groups is 2. The van der Waals surface area contributed by atoms with Crippen LogP contribution in [0, 0.1) is 0 Å². The van der Waals surface area contributed by atoms with Crippen molar-refractivity contribution in [1.82, 2.24) is 10.9 Å². The molecule has 0 aliphatic carbocycles. The molecule has 0 aromatic heterocycles. The molecule has 0 unspecified atom stereocenters. The van der Waals surface area contributed by atoms with Crippen molar-refractivity contribution in [3.63, 3.8) is 0 Å². The van der Waals surface area contributed by atoms with E-state index in [0.717, 1.165) is 31.5 Å². The Bertz CT molecular complexity index is 846. The Hall–Kier alpha value is -2.32. The van der Waals surface area contributed by atoms with Gasteiger partial charge in [-0.2, -0.15) is 10.2 Å². The number of amides is 2. The van der Waals surface area contributed by atoms with E-state index in [2.05, 4.69) is 52.9 Å². The van der Waals surface area contributed by atoms with Gasteiger partial charge in [-0.05, 0) is 62.1 Å². The zero-order valence-electron chi connectivity index (χ0n) is 16.9. The molecule has 6 nitrogen and oxygen atoms in total. The van der Waals surface area contributed by atoms with Gasteiger partial charge in [0.1, 0.15) is 0 Å². The monoisotopic (exact) mass is 534 g/mol. The van der Waals surface area contributed by atoms with E-state index in [4.69, 9.17) is 0 Å². The van der Waals surface area contributed by atoms with Gasteiger partial charge in [-0.3, -0.25) is 9.59 Å². The first-order chi connectivity index (χ1) is 14.3. The van der Waals surface area contributed by atoms with Crippen LogP contribution in [0.2, 0.25) is 0 Å². The number of hydrogen-bond acceptors (Lipinski definition) is 4. The molecule has 0 radical (unpaired) electrons. The minimum absolute atomic E-state index is 0.170. The topological polar surface area (TPSA) is 82.9 Å². The first-order valence-electron chi connectivity index (χ1n) is 9.53. The predicted molar refractivity (Wildman–Crippen MR) is 127 cm³/mol. The molecule has 0 bridgehead atoms. The Labute approximate surface area is 193 Å². The van der Waals surface area contributed by atoms with E-state index in [1.165, 1.54) is 0 Å². The van der Waals surface area contributed by atoms with E-state index in [1.54, 1.807) is 0 Å². The molecule has 2 amide bonds. The van der Waals surface area contributed by atoms with Crippen LogP contribution >= 0.6 is 31.9 Å². The lowest BCUT2D eigenvalue weighted by Crippen LogP contribution is -2.20.